The third-order valence-electron chi connectivity index (χ3n) is 5.04. The number of quaternary nitrogens is 1. The van der Waals surface area contributed by atoms with Gasteiger partial charge in [-0.2, -0.15) is 0 Å². The molecule has 0 atom stereocenters. The lowest BCUT2D eigenvalue weighted by Gasteiger charge is -2.19. The molecule has 152 valence electrons. The maximum Gasteiger partial charge on any atom is 0.291 e. The number of fused-ring (bicyclic) bond motifs is 1. The average molecular weight is 394 g/mol. The summed E-state index contributed by atoms with van der Waals surface area (Å²) in [7, 11) is 0. The minimum atomic E-state index is -0.291. The van der Waals surface area contributed by atoms with Crippen LogP contribution in [0.25, 0.3) is 6.08 Å². The Bertz CT molecular complexity index is 886. The van der Waals surface area contributed by atoms with E-state index in [9.17, 15) is 9.59 Å². The number of para-hydroxylation sites is 2. The van der Waals surface area contributed by atoms with Crippen molar-refractivity contribution >= 4 is 23.6 Å². The van der Waals surface area contributed by atoms with Gasteiger partial charge in [-0.3, -0.25) is 9.59 Å². The van der Waals surface area contributed by atoms with E-state index in [1.165, 1.54) is 4.90 Å². The Morgan fingerprint density at radius 3 is 2.55 bits per heavy atom. The van der Waals surface area contributed by atoms with Crippen LogP contribution in [-0.2, 0) is 4.79 Å². The molecule has 0 saturated heterocycles. The topological polar surface area (TPSA) is 71.9 Å². The van der Waals surface area contributed by atoms with Crippen molar-refractivity contribution in [2.24, 2.45) is 0 Å². The van der Waals surface area contributed by atoms with Gasteiger partial charge in [-0.15, -0.1) is 0 Å². The van der Waals surface area contributed by atoms with Crippen molar-refractivity contribution in [2.45, 2.75) is 20.3 Å². The first kappa shape index (κ1) is 20.6. The fraction of sp³-hybridized carbons (Fsp3) is 0.304. The van der Waals surface area contributed by atoms with Gasteiger partial charge in [0.05, 0.1) is 25.3 Å². The number of hydrogen-bond acceptors (Lipinski definition) is 3. The molecule has 29 heavy (non-hydrogen) atoms. The summed E-state index contributed by atoms with van der Waals surface area (Å²) in [5, 5.41) is 5.77. The van der Waals surface area contributed by atoms with Gasteiger partial charge in [0.25, 0.3) is 11.8 Å². The van der Waals surface area contributed by atoms with Gasteiger partial charge in [0.1, 0.15) is 0 Å². The largest absolute Gasteiger partial charge is 0.449 e. The Morgan fingerprint density at radius 1 is 1.10 bits per heavy atom. The number of ether oxygens (including phenoxy) is 1. The second kappa shape index (κ2) is 9.89. The summed E-state index contributed by atoms with van der Waals surface area (Å²) in [5.74, 6) is 0.459. The van der Waals surface area contributed by atoms with Crippen LogP contribution in [0, 0.1) is 0 Å². The third-order valence-corrected chi connectivity index (χ3v) is 5.04. The Labute approximate surface area is 171 Å². The van der Waals surface area contributed by atoms with Gasteiger partial charge in [-0.25, -0.2) is 0 Å². The molecule has 0 radical (unpaired) electrons. The predicted molar refractivity (Wildman–Crippen MR) is 114 cm³/mol. The number of hydrogen-bond donors (Lipinski definition) is 3. The average Bonchev–Trinajstić information content (AvgIpc) is 2.75. The molecular weight excluding hydrogens is 366 g/mol. The molecule has 1 heterocycles. The first-order chi connectivity index (χ1) is 14.1. The molecule has 3 N–H and O–H groups in total. The number of nitrogens with one attached hydrogen (secondary N) is 3. The molecule has 0 spiro atoms. The summed E-state index contributed by atoms with van der Waals surface area (Å²) >= 11 is 0. The highest BCUT2D eigenvalue weighted by Gasteiger charge is 2.21. The number of carbonyl (C=O) groups is 2. The van der Waals surface area contributed by atoms with E-state index in [-0.39, 0.29) is 17.6 Å². The Kier molecular flexibility index (Phi) is 7.03. The zero-order valence-corrected chi connectivity index (χ0v) is 17.0. The third kappa shape index (κ3) is 5.45. The van der Waals surface area contributed by atoms with Gasteiger partial charge in [0, 0.05) is 18.5 Å². The first-order valence-corrected chi connectivity index (χ1v) is 10.1. The minimum absolute atomic E-state index is 0.0839. The van der Waals surface area contributed by atoms with E-state index in [0.717, 1.165) is 31.6 Å². The predicted octanol–water partition coefficient (Wildman–Crippen LogP) is 2.10. The van der Waals surface area contributed by atoms with E-state index >= 15 is 0 Å². The molecule has 0 saturated carbocycles. The SMILES string of the molecule is CC[NH+](CC)CCCNC(=O)c1ccc(C=C2Oc3ccccc3NC2=O)cc1. The molecule has 0 fully saturated rings. The van der Waals surface area contributed by atoms with Crippen LogP contribution in [0.5, 0.6) is 5.75 Å². The van der Waals surface area contributed by atoms with Crippen LogP contribution < -0.4 is 20.3 Å². The lowest BCUT2D eigenvalue weighted by Crippen LogP contribution is -3.11. The van der Waals surface area contributed by atoms with Crippen LogP contribution >= 0.6 is 0 Å². The molecule has 0 unspecified atom stereocenters. The highest BCUT2D eigenvalue weighted by molar-refractivity contribution is 6.08. The second-order valence-electron chi connectivity index (χ2n) is 7.00. The molecule has 1 aliphatic rings. The lowest BCUT2D eigenvalue weighted by atomic mass is 10.1. The van der Waals surface area contributed by atoms with Gasteiger partial charge >= 0.3 is 0 Å². The van der Waals surface area contributed by atoms with Crippen LogP contribution in [0.1, 0.15) is 36.2 Å². The molecule has 2 aromatic rings. The van der Waals surface area contributed by atoms with E-state index < -0.39 is 0 Å². The van der Waals surface area contributed by atoms with E-state index in [1.807, 2.05) is 12.1 Å². The van der Waals surface area contributed by atoms with Crippen LogP contribution in [0.4, 0.5) is 5.69 Å². The van der Waals surface area contributed by atoms with Gasteiger partial charge in [-0.1, -0.05) is 24.3 Å². The molecule has 6 nitrogen and oxygen atoms in total. The van der Waals surface area contributed by atoms with Gasteiger partial charge in [-0.05, 0) is 49.8 Å². The van der Waals surface area contributed by atoms with Crippen molar-refractivity contribution in [1.29, 1.82) is 0 Å². The standard InChI is InChI=1S/C23H27N3O3/c1-3-26(4-2)15-7-14-24-22(27)18-12-10-17(11-13-18)16-21-23(28)25-19-8-5-6-9-20(19)29-21/h5-6,8-13,16H,3-4,7,14-15H2,1-2H3,(H,24,27)(H,25,28)/p+1. The molecule has 1 aliphatic heterocycles. The van der Waals surface area contributed by atoms with Crippen molar-refractivity contribution in [3.63, 3.8) is 0 Å². The Hall–Kier alpha value is -3.12. The number of anilines is 1. The zero-order chi connectivity index (χ0) is 20.6. The van der Waals surface area contributed by atoms with E-state index in [0.29, 0.717) is 23.5 Å². The summed E-state index contributed by atoms with van der Waals surface area (Å²) in [4.78, 5) is 26.0. The van der Waals surface area contributed by atoms with Crippen LogP contribution in [0.2, 0.25) is 0 Å². The number of rotatable bonds is 8. The van der Waals surface area contributed by atoms with Gasteiger partial charge in [0.2, 0.25) is 0 Å². The molecule has 0 bridgehead atoms. The summed E-state index contributed by atoms with van der Waals surface area (Å²) in [6.07, 6.45) is 2.63. The summed E-state index contributed by atoms with van der Waals surface area (Å²) < 4.78 is 5.70. The molecule has 3 rings (SSSR count). The maximum atomic E-state index is 12.3. The van der Waals surface area contributed by atoms with Crippen molar-refractivity contribution in [1.82, 2.24) is 5.32 Å². The van der Waals surface area contributed by atoms with E-state index in [4.69, 9.17) is 4.74 Å². The number of carbonyl (C=O) groups excluding carboxylic acids is 2. The quantitative estimate of drug-likeness (QED) is 0.474. The fourth-order valence-corrected chi connectivity index (χ4v) is 3.23. The fourth-order valence-electron chi connectivity index (χ4n) is 3.23. The molecule has 0 aromatic heterocycles. The molecule has 6 heteroatoms. The van der Waals surface area contributed by atoms with Crippen molar-refractivity contribution in [3.05, 3.63) is 65.4 Å². The molecular formula is C23H28N3O3+. The van der Waals surface area contributed by atoms with Crippen molar-refractivity contribution < 1.29 is 19.2 Å². The highest BCUT2D eigenvalue weighted by atomic mass is 16.5. The van der Waals surface area contributed by atoms with Crippen LogP contribution in [0.3, 0.4) is 0 Å². The smallest absolute Gasteiger partial charge is 0.291 e. The summed E-state index contributed by atoms with van der Waals surface area (Å²) in [6.45, 7) is 8.29. The van der Waals surface area contributed by atoms with Gasteiger partial charge < -0.3 is 20.3 Å². The highest BCUT2D eigenvalue weighted by Crippen LogP contribution is 2.30. The molecule has 0 aliphatic carbocycles. The minimum Gasteiger partial charge on any atom is -0.449 e. The van der Waals surface area contributed by atoms with Crippen LogP contribution in [0.15, 0.2) is 54.3 Å². The Balaban J connectivity index is 1.57. The lowest BCUT2D eigenvalue weighted by molar-refractivity contribution is -0.896. The Morgan fingerprint density at radius 2 is 1.83 bits per heavy atom. The second-order valence-corrected chi connectivity index (χ2v) is 7.00. The molecule has 2 aromatic carbocycles. The van der Waals surface area contributed by atoms with Crippen LogP contribution in [-0.4, -0.2) is 38.0 Å². The maximum absolute atomic E-state index is 12.3. The number of amides is 2. The zero-order valence-electron chi connectivity index (χ0n) is 17.0. The summed E-state index contributed by atoms with van der Waals surface area (Å²) in [5.41, 5.74) is 2.04. The monoisotopic (exact) mass is 394 g/mol. The summed E-state index contributed by atoms with van der Waals surface area (Å²) in [6, 6.07) is 14.4. The number of benzene rings is 2. The molecule has 2 amide bonds. The van der Waals surface area contributed by atoms with Crippen molar-refractivity contribution in [3.8, 4) is 5.75 Å². The van der Waals surface area contributed by atoms with E-state index in [1.54, 1.807) is 42.5 Å². The van der Waals surface area contributed by atoms with Crippen molar-refractivity contribution in [2.75, 3.05) is 31.5 Å². The normalized spacial score (nSPS) is 14.3. The van der Waals surface area contributed by atoms with Gasteiger partial charge in [0.15, 0.2) is 11.5 Å². The van der Waals surface area contributed by atoms with E-state index in [2.05, 4.69) is 24.5 Å². The first-order valence-electron chi connectivity index (χ1n) is 10.1.